The fraction of sp³-hybridized carbons (Fsp3) is 0.647. The fourth-order valence-electron chi connectivity index (χ4n) is 2.22. The van der Waals surface area contributed by atoms with E-state index in [2.05, 4.69) is 66.7 Å². The molecule has 0 heteroatoms. The van der Waals surface area contributed by atoms with Gasteiger partial charge in [-0.2, -0.15) is 0 Å². The molecule has 0 bridgehead atoms. The van der Waals surface area contributed by atoms with Crippen LogP contribution >= 0.6 is 0 Å². The lowest BCUT2D eigenvalue weighted by Gasteiger charge is -2.30. The lowest BCUT2D eigenvalue weighted by atomic mass is 9.75. The third kappa shape index (κ3) is 3.12. The fourth-order valence-corrected chi connectivity index (χ4v) is 2.22. The van der Waals surface area contributed by atoms with E-state index in [9.17, 15) is 0 Å². The zero-order valence-corrected chi connectivity index (χ0v) is 12.6. The van der Waals surface area contributed by atoms with Crippen molar-refractivity contribution in [2.24, 2.45) is 0 Å². The Morgan fingerprint density at radius 2 is 1.29 bits per heavy atom. The lowest BCUT2D eigenvalue weighted by Crippen LogP contribution is -2.21. The molecule has 0 radical (unpaired) electrons. The summed E-state index contributed by atoms with van der Waals surface area (Å²) < 4.78 is 0. The topological polar surface area (TPSA) is 0 Å². The van der Waals surface area contributed by atoms with Gasteiger partial charge in [0, 0.05) is 0 Å². The molecule has 0 aliphatic carbocycles. The van der Waals surface area contributed by atoms with Crippen molar-refractivity contribution >= 4 is 0 Å². The van der Waals surface area contributed by atoms with Gasteiger partial charge in [-0.3, -0.25) is 0 Å². The highest BCUT2D eigenvalue weighted by Gasteiger charge is 2.24. The van der Waals surface area contributed by atoms with Crippen molar-refractivity contribution in [2.45, 2.75) is 72.1 Å². The van der Waals surface area contributed by atoms with Gasteiger partial charge in [-0.15, -0.1) is 0 Å². The van der Waals surface area contributed by atoms with Crippen molar-refractivity contribution in [1.29, 1.82) is 0 Å². The molecule has 0 saturated carbocycles. The van der Waals surface area contributed by atoms with E-state index in [0.29, 0.717) is 5.41 Å². The van der Waals surface area contributed by atoms with Crippen LogP contribution < -0.4 is 0 Å². The Morgan fingerprint density at radius 1 is 0.824 bits per heavy atom. The second-order valence-electron chi connectivity index (χ2n) is 6.61. The summed E-state index contributed by atoms with van der Waals surface area (Å²) in [5.74, 6) is 0. The second-order valence-corrected chi connectivity index (χ2v) is 6.61. The van der Waals surface area contributed by atoms with Crippen LogP contribution in [0.1, 0.15) is 71.1 Å². The first-order chi connectivity index (χ1) is 7.73. The number of hydrogen-bond donors (Lipinski definition) is 0. The highest BCUT2D eigenvalue weighted by molar-refractivity contribution is 5.37. The standard InChI is InChI=1S/C17H28/c1-8-17(7,9-2)15-11-13(3)10-14(12-15)16(4,5)6/h10-12H,8-9H2,1-7H3. The molecule has 0 amide bonds. The molecule has 0 aliphatic rings. The first-order valence-electron chi connectivity index (χ1n) is 6.85. The molecule has 0 aliphatic heterocycles. The zero-order chi connectivity index (χ0) is 13.3. The Morgan fingerprint density at radius 3 is 1.71 bits per heavy atom. The van der Waals surface area contributed by atoms with Gasteiger partial charge in [-0.1, -0.05) is 65.3 Å². The third-order valence-corrected chi connectivity index (χ3v) is 4.20. The molecule has 1 rings (SSSR count). The molecule has 0 nitrogen and oxygen atoms in total. The van der Waals surface area contributed by atoms with E-state index in [-0.39, 0.29) is 5.41 Å². The molecule has 0 unspecified atom stereocenters. The zero-order valence-electron chi connectivity index (χ0n) is 12.6. The largest absolute Gasteiger partial charge is 0.0645 e. The molecule has 0 aromatic heterocycles. The Hall–Kier alpha value is -0.780. The molecule has 0 atom stereocenters. The Balaban J connectivity index is 3.32. The molecule has 1 aromatic rings. The number of benzene rings is 1. The normalized spacial score (nSPS) is 12.9. The highest BCUT2D eigenvalue weighted by Crippen LogP contribution is 2.34. The van der Waals surface area contributed by atoms with E-state index in [0.717, 1.165) is 0 Å². The van der Waals surface area contributed by atoms with Crippen LogP contribution in [-0.4, -0.2) is 0 Å². The average molecular weight is 232 g/mol. The summed E-state index contributed by atoms with van der Waals surface area (Å²) in [6.07, 6.45) is 2.41. The smallest absolute Gasteiger partial charge is 0.00803 e. The molecule has 96 valence electrons. The maximum atomic E-state index is 2.42. The van der Waals surface area contributed by atoms with E-state index >= 15 is 0 Å². The molecular formula is C17H28. The maximum absolute atomic E-state index is 2.42. The van der Waals surface area contributed by atoms with Crippen LogP contribution in [-0.2, 0) is 10.8 Å². The summed E-state index contributed by atoms with van der Waals surface area (Å²) in [5.41, 5.74) is 4.92. The van der Waals surface area contributed by atoms with Gasteiger partial charge >= 0.3 is 0 Å². The predicted octanol–water partition coefficient (Wildman–Crippen LogP) is 5.37. The molecule has 0 saturated heterocycles. The van der Waals surface area contributed by atoms with E-state index in [1.54, 1.807) is 0 Å². The molecule has 0 heterocycles. The summed E-state index contributed by atoms with van der Waals surface area (Å²) in [4.78, 5) is 0. The Kier molecular flexibility index (Phi) is 4.06. The molecule has 0 fully saturated rings. The van der Waals surface area contributed by atoms with Gasteiger partial charge in [0.2, 0.25) is 0 Å². The summed E-state index contributed by atoms with van der Waals surface area (Å²) in [6, 6.07) is 7.11. The number of aryl methyl sites for hydroxylation is 1. The van der Waals surface area contributed by atoms with Crippen molar-refractivity contribution in [3.05, 3.63) is 34.9 Å². The molecule has 0 N–H and O–H groups in total. The summed E-state index contributed by atoms with van der Waals surface area (Å²) in [7, 11) is 0. The Labute approximate surface area is 107 Å². The SMILES string of the molecule is CCC(C)(CC)c1cc(C)cc(C(C)(C)C)c1. The Bertz CT molecular complexity index is 376. The van der Waals surface area contributed by atoms with Crippen LogP contribution in [0.25, 0.3) is 0 Å². The van der Waals surface area contributed by atoms with E-state index in [1.807, 2.05) is 0 Å². The van der Waals surface area contributed by atoms with Gasteiger partial charge in [0.15, 0.2) is 0 Å². The van der Waals surface area contributed by atoms with E-state index in [4.69, 9.17) is 0 Å². The summed E-state index contributed by atoms with van der Waals surface area (Å²) >= 11 is 0. The minimum Gasteiger partial charge on any atom is -0.0645 e. The van der Waals surface area contributed by atoms with Crippen molar-refractivity contribution in [3.63, 3.8) is 0 Å². The minimum atomic E-state index is 0.239. The van der Waals surface area contributed by atoms with Crippen molar-refractivity contribution in [1.82, 2.24) is 0 Å². The first-order valence-corrected chi connectivity index (χ1v) is 6.85. The van der Waals surface area contributed by atoms with Gasteiger partial charge in [-0.25, -0.2) is 0 Å². The summed E-state index contributed by atoms with van der Waals surface area (Å²) in [5, 5.41) is 0. The molecular weight excluding hydrogens is 204 g/mol. The van der Waals surface area contributed by atoms with Crippen LogP contribution in [0, 0.1) is 6.92 Å². The third-order valence-electron chi connectivity index (χ3n) is 4.20. The second kappa shape index (κ2) is 4.84. The maximum Gasteiger partial charge on any atom is -0.00803 e. The van der Waals surface area contributed by atoms with Gasteiger partial charge in [0.05, 0.1) is 0 Å². The molecule has 0 spiro atoms. The van der Waals surface area contributed by atoms with Crippen LogP contribution in [0.3, 0.4) is 0 Å². The first kappa shape index (κ1) is 14.3. The van der Waals surface area contributed by atoms with Crippen LogP contribution in [0.5, 0.6) is 0 Å². The average Bonchev–Trinajstić information content (AvgIpc) is 2.26. The highest BCUT2D eigenvalue weighted by atomic mass is 14.3. The monoisotopic (exact) mass is 232 g/mol. The van der Waals surface area contributed by atoms with Gasteiger partial charge in [-0.05, 0) is 41.7 Å². The molecule has 1 aromatic carbocycles. The van der Waals surface area contributed by atoms with E-state index < -0.39 is 0 Å². The van der Waals surface area contributed by atoms with Crippen LogP contribution in [0.15, 0.2) is 18.2 Å². The molecule has 17 heavy (non-hydrogen) atoms. The quantitative estimate of drug-likeness (QED) is 0.657. The summed E-state index contributed by atoms with van der Waals surface area (Å²) in [6.45, 7) is 16.1. The predicted molar refractivity (Wildman–Crippen MR) is 77.8 cm³/mol. The van der Waals surface area contributed by atoms with Crippen molar-refractivity contribution in [2.75, 3.05) is 0 Å². The minimum absolute atomic E-state index is 0.239. The van der Waals surface area contributed by atoms with Gasteiger partial charge in [0.1, 0.15) is 0 Å². The van der Waals surface area contributed by atoms with Crippen LogP contribution in [0.2, 0.25) is 0 Å². The number of rotatable bonds is 3. The van der Waals surface area contributed by atoms with Gasteiger partial charge < -0.3 is 0 Å². The van der Waals surface area contributed by atoms with Gasteiger partial charge in [0.25, 0.3) is 0 Å². The lowest BCUT2D eigenvalue weighted by molar-refractivity contribution is 0.437. The van der Waals surface area contributed by atoms with Crippen molar-refractivity contribution in [3.8, 4) is 0 Å². The van der Waals surface area contributed by atoms with Crippen LogP contribution in [0.4, 0.5) is 0 Å². The van der Waals surface area contributed by atoms with E-state index in [1.165, 1.54) is 29.5 Å². The number of hydrogen-bond acceptors (Lipinski definition) is 0. The van der Waals surface area contributed by atoms with Crippen molar-refractivity contribution < 1.29 is 0 Å².